The maximum Gasteiger partial charge on any atom is 0.0541 e. The van der Waals surface area contributed by atoms with Crippen LogP contribution in [-0.4, -0.2) is 4.57 Å². The molecule has 12 rings (SSSR count). The lowest BCUT2D eigenvalue weighted by Gasteiger charge is -2.20. The van der Waals surface area contributed by atoms with Crippen molar-refractivity contribution in [2.24, 2.45) is 0 Å². The van der Waals surface area contributed by atoms with E-state index in [2.05, 4.69) is 255 Å². The second-order valence-electron chi connectivity index (χ2n) is 17.4. The highest BCUT2D eigenvalue weighted by molar-refractivity contribution is 6.22. The van der Waals surface area contributed by atoms with Crippen LogP contribution in [-0.2, 0) is 0 Å². The first-order valence-electron chi connectivity index (χ1n) is 22.6. The molecule has 1 nitrogen and oxygen atoms in total. The Bertz CT molecular complexity index is 3710. The zero-order chi connectivity index (χ0) is 43.4. The van der Waals surface area contributed by atoms with Crippen LogP contribution in [0, 0.1) is 13.8 Å². The van der Waals surface area contributed by atoms with Crippen molar-refractivity contribution in [3.8, 4) is 72.4 Å². The quantitative estimate of drug-likeness (QED) is 0.141. The zero-order valence-corrected chi connectivity index (χ0v) is 36.5. The fourth-order valence-corrected chi connectivity index (χ4v) is 10.00. The van der Waals surface area contributed by atoms with Crippen LogP contribution in [0.1, 0.15) is 11.1 Å². The predicted molar refractivity (Wildman–Crippen MR) is 278 cm³/mol. The Hall–Kier alpha value is -8.26. The molecule has 65 heavy (non-hydrogen) atoms. The number of fused-ring (bicyclic) bond motifs is 5. The van der Waals surface area contributed by atoms with Gasteiger partial charge in [0.25, 0.3) is 0 Å². The van der Waals surface area contributed by atoms with Gasteiger partial charge in [0.2, 0.25) is 0 Å². The molecule has 1 aromatic heterocycles. The summed E-state index contributed by atoms with van der Waals surface area (Å²) in [5, 5.41) is 7.46. The molecule has 0 aliphatic carbocycles. The highest BCUT2D eigenvalue weighted by Gasteiger charge is 2.20. The van der Waals surface area contributed by atoms with Crippen LogP contribution in [0.5, 0.6) is 0 Å². The Morgan fingerprint density at radius 3 is 1.11 bits per heavy atom. The van der Waals surface area contributed by atoms with Crippen molar-refractivity contribution < 1.29 is 0 Å². The van der Waals surface area contributed by atoms with Gasteiger partial charge in [-0.05, 0) is 145 Å². The molecule has 11 aromatic carbocycles. The summed E-state index contributed by atoms with van der Waals surface area (Å²) in [6.45, 7) is 4.30. The van der Waals surface area contributed by atoms with Crippen molar-refractivity contribution in [1.82, 2.24) is 4.57 Å². The Balaban J connectivity index is 1.06. The molecule has 1 heteroatoms. The monoisotopic (exact) mass is 827 g/mol. The molecule has 0 atom stereocenters. The molecule has 1 heterocycles. The topological polar surface area (TPSA) is 4.93 Å². The molecule has 0 saturated heterocycles. The van der Waals surface area contributed by atoms with Gasteiger partial charge in [0.05, 0.1) is 11.0 Å². The van der Waals surface area contributed by atoms with Gasteiger partial charge in [0, 0.05) is 16.5 Å². The predicted octanol–water partition coefficient (Wildman–Crippen LogP) is 17.7. The fourth-order valence-electron chi connectivity index (χ4n) is 10.00. The van der Waals surface area contributed by atoms with E-state index in [0.29, 0.717) is 0 Å². The number of aryl methyl sites for hydroxylation is 2. The van der Waals surface area contributed by atoms with E-state index in [1.165, 1.54) is 127 Å². The van der Waals surface area contributed by atoms with Crippen LogP contribution in [0.15, 0.2) is 237 Å². The number of aromatic nitrogens is 1. The van der Waals surface area contributed by atoms with Crippen molar-refractivity contribution in [3.63, 3.8) is 0 Å². The summed E-state index contributed by atoms with van der Waals surface area (Å²) in [7, 11) is 0. The average molecular weight is 828 g/mol. The van der Waals surface area contributed by atoms with E-state index in [4.69, 9.17) is 0 Å². The maximum atomic E-state index is 2.43. The molecular weight excluding hydrogens is 783 g/mol. The van der Waals surface area contributed by atoms with E-state index in [1.807, 2.05) is 0 Å². The summed E-state index contributed by atoms with van der Waals surface area (Å²) in [4.78, 5) is 0. The molecule has 0 amide bonds. The molecule has 0 fully saturated rings. The third kappa shape index (κ3) is 6.81. The minimum absolute atomic E-state index is 1.17. The van der Waals surface area contributed by atoms with E-state index in [0.717, 1.165) is 0 Å². The van der Waals surface area contributed by atoms with Crippen LogP contribution >= 0.6 is 0 Å². The largest absolute Gasteiger partial charge is 0.309 e. The normalized spacial score (nSPS) is 11.5. The van der Waals surface area contributed by atoms with Crippen LogP contribution in [0.25, 0.3) is 116 Å². The van der Waals surface area contributed by atoms with Crippen molar-refractivity contribution in [1.29, 1.82) is 0 Å². The molecule has 0 aliphatic rings. The number of para-hydroxylation sites is 2. The van der Waals surface area contributed by atoms with Crippen molar-refractivity contribution in [3.05, 3.63) is 248 Å². The fraction of sp³-hybridized carbons (Fsp3) is 0.0312. The van der Waals surface area contributed by atoms with Crippen LogP contribution in [0.2, 0.25) is 0 Å². The zero-order valence-electron chi connectivity index (χ0n) is 36.5. The lowest BCUT2D eigenvalue weighted by atomic mass is 9.83. The van der Waals surface area contributed by atoms with E-state index in [1.54, 1.807) is 0 Å². The molecule has 0 N–H and O–H groups in total. The minimum Gasteiger partial charge on any atom is -0.309 e. The SMILES string of the molecule is Cc1ccc(-c2ccc3c(-c4ccc(-c5ccc6c(c5)c5ccccc5n6-c5ccccc5)cc4)c4cc(-c5ccc(C)cc5)ccc4c(-c4ccc(-c5ccccc5)cc4)c3c2)cc1. The molecule has 0 unspecified atom stereocenters. The second kappa shape index (κ2) is 15.8. The summed E-state index contributed by atoms with van der Waals surface area (Å²) in [6.07, 6.45) is 0. The van der Waals surface area contributed by atoms with Gasteiger partial charge >= 0.3 is 0 Å². The van der Waals surface area contributed by atoms with Crippen LogP contribution < -0.4 is 0 Å². The van der Waals surface area contributed by atoms with Crippen molar-refractivity contribution in [2.45, 2.75) is 13.8 Å². The summed E-state index contributed by atoms with van der Waals surface area (Å²) < 4.78 is 2.38. The number of hydrogen-bond acceptors (Lipinski definition) is 0. The van der Waals surface area contributed by atoms with E-state index >= 15 is 0 Å². The second-order valence-corrected chi connectivity index (χ2v) is 17.4. The molecule has 0 radical (unpaired) electrons. The Labute approximate surface area is 380 Å². The third-order valence-electron chi connectivity index (χ3n) is 13.4. The molecule has 12 aromatic rings. The van der Waals surface area contributed by atoms with Crippen LogP contribution in [0.3, 0.4) is 0 Å². The molecule has 306 valence electrons. The van der Waals surface area contributed by atoms with Gasteiger partial charge in [-0.15, -0.1) is 0 Å². The molecule has 0 spiro atoms. The summed E-state index contributed by atoms with van der Waals surface area (Å²) in [6, 6.07) is 87.5. The number of rotatable bonds is 7. The highest BCUT2D eigenvalue weighted by Crippen LogP contribution is 2.47. The summed E-state index contributed by atoms with van der Waals surface area (Å²) >= 11 is 0. The lowest BCUT2D eigenvalue weighted by Crippen LogP contribution is -1.93. The van der Waals surface area contributed by atoms with Crippen LogP contribution in [0.4, 0.5) is 0 Å². The van der Waals surface area contributed by atoms with E-state index in [9.17, 15) is 0 Å². The van der Waals surface area contributed by atoms with E-state index < -0.39 is 0 Å². The third-order valence-corrected chi connectivity index (χ3v) is 13.4. The summed E-state index contributed by atoms with van der Waals surface area (Å²) in [5.41, 5.74) is 20.7. The van der Waals surface area contributed by atoms with Gasteiger partial charge in [-0.3, -0.25) is 0 Å². The Kier molecular flexibility index (Phi) is 9.35. The smallest absolute Gasteiger partial charge is 0.0541 e. The first kappa shape index (κ1) is 38.4. The van der Waals surface area contributed by atoms with Crippen molar-refractivity contribution in [2.75, 3.05) is 0 Å². The molecule has 0 bridgehead atoms. The number of benzene rings is 11. The molecular formula is C64H45N. The molecule has 0 aliphatic heterocycles. The average Bonchev–Trinajstić information content (AvgIpc) is 3.70. The Morgan fingerprint density at radius 2 is 0.585 bits per heavy atom. The van der Waals surface area contributed by atoms with Gasteiger partial charge in [0.15, 0.2) is 0 Å². The first-order chi connectivity index (χ1) is 32.0. The first-order valence-corrected chi connectivity index (χ1v) is 22.6. The number of hydrogen-bond donors (Lipinski definition) is 0. The summed E-state index contributed by atoms with van der Waals surface area (Å²) in [5.74, 6) is 0. The standard InChI is InChI=1S/C64H45N/c1-42-17-21-46(22-18-42)51-34-37-57-59(40-51)63(49-29-25-45(26-30-49)44-11-5-3-6-12-44)56-36-33-52(47-23-19-43(2)20-24-47)41-60(56)64(57)50-31-27-48(28-32-50)53-35-38-62-58(39-53)55-15-9-10-16-61(55)65(62)54-13-7-4-8-14-54/h3-41H,1-2H3. The minimum atomic E-state index is 1.17. The Morgan fingerprint density at radius 1 is 0.231 bits per heavy atom. The van der Waals surface area contributed by atoms with Gasteiger partial charge in [-0.25, -0.2) is 0 Å². The van der Waals surface area contributed by atoms with Gasteiger partial charge in [0.1, 0.15) is 0 Å². The van der Waals surface area contributed by atoms with Gasteiger partial charge in [-0.1, -0.05) is 205 Å². The molecule has 0 saturated carbocycles. The van der Waals surface area contributed by atoms with Crippen molar-refractivity contribution >= 4 is 43.4 Å². The van der Waals surface area contributed by atoms with E-state index in [-0.39, 0.29) is 0 Å². The number of nitrogens with zero attached hydrogens (tertiary/aromatic N) is 1. The maximum absolute atomic E-state index is 2.43. The highest BCUT2D eigenvalue weighted by atomic mass is 15.0. The van der Waals surface area contributed by atoms with Gasteiger partial charge in [-0.2, -0.15) is 0 Å². The van der Waals surface area contributed by atoms with Gasteiger partial charge < -0.3 is 4.57 Å². The lowest BCUT2D eigenvalue weighted by molar-refractivity contribution is 1.18.